The summed E-state index contributed by atoms with van der Waals surface area (Å²) in [7, 11) is 1.69. The van der Waals surface area contributed by atoms with Gasteiger partial charge >= 0.3 is 0 Å². The maximum absolute atomic E-state index is 5.97. The molecule has 0 amide bonds. The van der Waals surface area contributed by atoms with E-state index in [1.165, 1.54) is 0 Å². The maximum Gasteiger partial charge on any atom is 0.147 e. The van der Waals surface area contributed by atoms with Crippen LogP contribution in [0.5, 0.6) is 5.75 Å². The van der Waals surface area contributed by atoms with Gasteiger partial charge in [-0.2, -0.15) is 0 Å². The zero-order valence-corrected chi connectivity index (χ0v) is 12.1. The Morgan fingerprint density at radius 1 is 1.32 bits per heavy atom. The van der Waals surface area contributed by atoms with Gasteiger partial charge in [-0.1, -0.05) is 13.0 Å². The molecule has 0 spiro atoms. The number of aromatic nitrogens is 2. The molecule has 104 valence electrons. The fraction of sp³-hybridized carbons (Fsp3) is 0.500. The maximum atomic E-state index is 5.97. The van der Waals surface area contributed by atoms with E-state index in [1.807, 2.05) is 18.2 Å². The SMILES string of the molecule is CCCOc1cccc2c1nc(CCl)n2CCOC. The highest BCUT2D eigenvalue weighted by Crippen LogP contribution is 2.26. The van der Waals surface area contributed by atoms with Crippen LogP contribution in [0.15, 0.2) is 18.2 Å². The Balaban J connectivity index is 2.43. The summed E-state index contributed by atoms with van der Waals surface area (Å²) in [5, 5.41) is 0. The summed E-state index contributed by atoms with van der Waals surface area (Å²) in [4.78, 5) is 4.59. The predicted octanol–water partition coefficient (Wildman–Crippen LogP) is 3.21. The van der Waals surface area contributed by atoms with Gasteiger partial charge in [0.1, 0.15) is 17.1 Å². The van der Waals surface area contributed by atoms with Crippen LogP contribution >= 0.6 is 11.6 Å². The fourth-order valence-electron chi connectivity index (χ4n) is 2.03. The number of methoxy groups -OCH3 is 1. The van der Waals surface area contributed by atoms with Gasteiger partial charge in [0.2, 0.25) is 0 Å². The highest BCUT2D eigenvalue weighted by molar-refractivity contribution is 6.16. The summed E-state index contributed by atoms with van der Waals surface area (Å²) in [5.41, 5.74) is 1.92. The second-order valence-corrected chi connectivity index (χ2v) is 4.55. The van der Waals surface area contributed by atoms with Crippen molar-refractivity contribution in [3.63, 3.8) is 0 Å². The molecule has 5 heteroatoms. The molecule has 19 heavy (non-hydrogen) atoms. The van der Waals surface area contributed by atoms with E-state index in [0.717, 1.165) is 35.6 Å². The average molecular weight is 283 g/mol. The molecule has 0 aliphatic rings. The van der Waals surface area contributed by atoms with Crippen LogP contribution in [0.2, 0.25) is 0 Å². The summed E-state index contributed by atoms with van der Waals surface area (Å²) in [6, 6.07) is 5.97. The molecular formula is C14H19ClN2O2. The molecule has 4 nitrogen and oxygen atoms in total. The Kier molecular flexibility index (Phi) is 5.05. The molecule has 2 aromatic rings. The van der Waals surface area contributed by atoms with Crippen LogP contribution in [-0.4, -0.2) is 29.9 Å². The Morgan fingerprint density at radius 2 is 2.16 bits per heavy atom. The van der Waals surface area contributed by atoms with Gasteiger partial charge in [-0.05, 0) is 18.6 Å². The molecule has 0 bridgehead atoms. The van der Waals surface area contributed by atoms with Crippen molar-refractivity contribution < 1.29 is 9.47 Å². The van der Waals surface area contributed by atoms with E-state index < -0.39 is 0 Å². The van der Waals surface area contributed by atoms with E-state index in [0.29, 0.717) is 19.1 Å². The summed E-state index contributed by atoms with van der Waals surface area (Å²) in [5.74, 6) is 2.05. The minimum absolute atomic E-state index is 0.381. The molecule has 0 saturated heterocycles. The van der Waals surface area contributed by atoms with Crippen LogP contribution in [0.25, 0.3) is 11.0 Å². The van der Waals surface area contributed by atoms with E-state index >= 15 is 0 Å². The van der Waals surface area contributed by atoms with Crippen LogP contribution in [0.4, 0.5) is 0 Å². The predicted molar refractivity (Wildman–Crippen MR) is 77.0 cm³/mol. The number of ether oxygens (including phenoxy) is 2. The number of imidazole rings is 1. The first-order valence-electron chi connectivity index (χ1n) is 6.47. The third-order valence-corrected chi connectivity index (χ3v) is 3.16. The van der Waals surface area contributed by atoms with Crippen LogP contribution in [-0.2, 0) is 17.2 Å². The monoisotopic (exact) mass is 282 g/mol. The molecule has 0 aliphatic heterocycles. The summed E-state index contributed by atoms with van der Waals surface area (Å²) >= 11 is 5.97. The van der Waals surface area contributed by atoms with Gasteiger partial charge in [-0.15, -0.1) is 11.6 Å². The summed E-state index contributed by atoms with van der Waals surface area (Å²) in [6.45, 7) is 4.16. The van der Waals surface area contributed by atoms with Gasteiger partial charge in [0.15, 0.2) is 0 Å². The Morgan fingerprint density at radius 3 is 2.84 bits per heavy atom. The number of hydrogen-bond donors (Lipinski definition) is 0. The van der Waals surface area contributed by atoms with Crippen molar-refractivity contribution in [3.05, 3.63) is 24.0 Å². The number of halogens is 1. The average Bonchev–Trinajstić information content (AvgIpc) is 2.81. The van der Waals surface area contributed by atoms with Gasteiger partial charge in [0.25, 0.3) is 0 Å². The standard InChI is InChI=1S/C14H19ClN2O2/c1-3-8-19-12-6-4-5-11-14(12)16-13(10-15)17(11)7-9-18-2/h4-6H,3,7-10H2,1-2H3. The number of rotatable bonds is 7. The topological polar surface area (TPSA) is 36.3 Å². The quantitative estimate of drug-likeness (QED) is 0.732. The highest BCUT2D eigenvalue weighted by atomic mass is 35.5. The summed E-state index contributed by atoms with van der Waals surface area (Å²) in [6.07, 6.45) is 0.975. The van der Waals surface area contributed by atoms with Crippen LogP contribution in [0.3, 0.4) is 0 Å². The van der Waals surface area contributed by atoms with Crippen molar-refractivity contribution in [2.24, 2.45) is 0 Å². The smallest absolute Gasteiger partial charge is 0.147 e. The zero-order valence-electron chi connectivity index (χ0n) is 11.4. The second kappa shape index (κ2) is 6.78. The molecule has 0 radical (unpaired) electrons. The lowest BCUT2D eigenvalue weighted by molar-refractivity contribution is 0.187. The minimum atomic E-state index is 0.381. The lowest BCUT2D eigenvalue weighted by Gasteiger charge is -2.07. The van der Waals surface area contributed by atoms with E-state index in [-0.39, 0.29) is 0 Å². The Labute approximate surface area is 118 Å². The van der Waals surface area contributed by atoms with Gasteiger partial charge in [0, 0.05) is 13.7 Å². The zero-order chi connectivity index (χ0) is 13.7. The van der Waals surface area contributed by atoms with Crippen molar-refractivity contribution in [1.29, 1.82) is 0 Å². The molecule has 0 N–H and O–H groups in total. The van der Waals surface area contributed by atoms with E-state index in [2.05, 4.69) is 16.5 Å². The first-order valence-corrected chi connectivity index (χ1v) is 7.01. The lowest BCUT2D eigenvalue weighted by atomic mass is 10.3. The van der Waals surface area contributed by atoms with Gasteiger partial charge in [-0.25, -0.2) is 4.98 Å². The van der Waals surface area contributed by atoms with Gasteiger partial charge < -0.3 is 14.0 Å². The van der Waals surface area contributed by atoms with E-state index in [1.54, 1.807) is 7.11 Å². The molecule has 1 aromatic carbocycles. The minimum Gasteiger partial charge on any atom is -0.491 e. The first-order chi connectivity index (χ1) is 9.31. The molecule has 0 aliphatic carbocycles. The normalized spacial score (nSPS) is 11.1. The van der Waals surface area contributed by atoms with E-state index in [4.69, 9.17) is 21.1 Å². The van der Waals surface area contributed by atoms with Crippen molar-refractivity contribution in [3.8, 4) is 5.75 Å². The molecule has 0 unspecified atom stereocenters. The van der Waals surface area contributed by atoms with Crippen molar-refractivity contribution in [2.45, 2.75) is 25.8 Å². The fourth-order valence-corrected chi connectivity index (χ4v) is 2.24. The molecule has 0 atom stereocenters. The van der Waals surface area contributed by atoms with Crippen molar-refractivity contribution in [1.82, 2.24) is 9.55 Å². The number of nitrogens with zero attached hydrogens (tertiary/aromatic N) is 2. The third-order valence-electron chi connectivity index (χ3n) is 2.92. The molecule has 0 fully saturated rings. The van der Waals surface area contributed by atoms with E-state index in [9.17, 15) is 0 Å². The largest absolute Gasteiger partial charge is 0.491 e. The first kappa shape index (κ1) is 14.2. The summed E-state index contributed by atoms with van der Waals surface area (Å²) < 4.78 is 13.0. The number of alkyl halides is 1. The van der Waals surface area contributed by atoms with Crippen molar-refractivity contribution in [2.75, 3.05) is 20.3 Å². The van der Waals surface area contributed by atoms with Gasteiger partial charge in [0.05, 0.1) is 24.6 Å². The van der Waals surface area contributed by atoms with Crippen LogP contribution < -0.4 is 4.74 Å². The lowest BCUT2D eigenvalue weighted by Crippen LogP contribution is -2.07. The van der Waals surface area contributed by atoms with Crippen molar-refractivity contribution >= 4 is 22.6 Å². The third kappa shape index (κ3) is 3.01. The number of hydrogen-bond acceptors (Lipinski definition) is 3. The Hall–Kier alpha value is -1.26. The van der Waals surface area contributed by atoms with Crippen LogP contribution in [0, 0.1) is 0 Å². The van der Waals surface area contributed by atoms with Gasteiger partial charge in [-0.3, -0.25) is 0 Å². The highest BCUT2D eigenvalue weighted by Gasteiger charge is 2.13. The second-order valence-electron chi connectivity index (χ2n) is 4.28. The molecule has 1 heterocycles. The molecule has 2 rings (SSSR count). The number of fused-ring (bicyclic) bond motifs is 1. The number of benzene rings is 1. The number of para-hydroxylation sites is 1. The Bertz CT molecular complexity index is 539. The molecule has 1 aromatic heterocycles. The van der Waals surface area contributed by atoms with Crippen LogP contribution in [0.1, 0.15) is 19.2 Å². The molecular weight excluding hydrogens is 264 g/mol. The molecule has 0 saturated carbocycles.